The Morgan fingerprint density at radius 1 is 1.38 bits per heavy atom. The maximum atomic E-state index is 8.56. The van der Waals surface area contributed by atoms with Gasteiger partial charge in [0.05, 0.1) is 6.07 Å². The van der Waals surface area contributed by atoms with Gasteiger partial charge in [0.1, 0.15) is 0 Å². The van der Waals surface area contributed by atoms with Crippen molar-refractivity contribution in [3.05, 3.63) is 0 Å². The third-order valence-electron chi connectivity index (χ3n) is 3.04. The molecule has 0 aromatic carbocycles. The van der Waals surface area contributed by atoms with Crippen LogP contribution in [0.25, 0.3) is 0 Å². The van der Waals surface area contributed by atoms with Crippen molar-refractivity contribution in [3.63, 3.8) is 0 Å². The van der Waals surface area contributed by atoms with Crippen LogP contribution in [0.15, 0.2) is 0 Å². The molecule has 0 aliphatic heterocycles. The summed E-state index contributed by atoms with van der Waals surface area (Å²) >= 11 is 0. The van der Waals surface area contributed by atoms with Crippen molar-refractivity contribution >= 4 is 0 Å². The Balaban J connectivity index is 3.61. The molecule has 0 unspecified atom stereocenters. The maximum Gasteiger partial charge on any atom is 0.0621 e. The third-order valence-corrected chi connectivity index (χ3v) is 3.04. The number of rotatable bonds is 8. The van der Waals surface area contributed by atoms with Crippen molar-refractivity contribution in [2.75, 3.05) is 26.7 Å². The van der Waals surface area contributed by atoms with Gasteiger partial charge in [-0.1, -0.05) is 13.8 Å². The molecule has 0 aliphatic rings. The molecule has 16 heavy (non-hydrogen) atoms. The zero-order chi connectivity index (χ0) is 12.6. The summed E-state index contributed by atoms with van der Waals surface area (Å²) in [7, 11) is 2.15. The van der Waals surface area contributed by atoms with E-state index in [0.29, 0.717) is 12.5 Å². The molecule has 0 aliphatic carbocycles. The van der Waals surface area contributed by atoms with E-state index >= 15 is 0 Å². The number of hydrogen-bond acceptors (Lipinski definition) is 3. The number of nitriles is 1. The number of nitrogens with one attached hydrogen (secondary N) is 1. The predicted molar refractivity (Wildman–Crippen MR) is 69.3 cm³/mol. The Labute approximate surface area is 101 Å². The van der Waals surface area contributed by atoms with E-state index in [4.69, 9.17) is 5.26 Å². The summed E-state index contributed by atoms with van der Waals surface area (Å²) in [6.45, 7) is 11.9. The van der Waals surface area contributed by atoms with Crippen LogP contribution >= 0.6 is 0 Å². The van der Waals surface area contributed by atoms with Gasteiger partial charge in [-0.25, -0.2) is 0 Å². The first kappa shape index (κ1) is 15.4. The summed E-state index contributed by atoms with van der Waals surface area (Å²) in [5.41, 5.74) is 0.228. The molecule has 0 heterocycles. The lowest BCUT2D eigenvalue weighted by Crippen LogP contribution is -2.37. The lowest BCUT2D eigenvalue weighted by atomic mass is 9.88. The van der Waals surface area contributed by atoms with Crippen molar-refractivity contribution in [2.45, 2.75) is 46.6 Å². The van der Waals surface area contributed by atoms with E-state index in [1.165, 1.54) is 0 Å². The molecule has 0 fully saturated rings. The van der Waals surface area contributed by atoms with Gasteiger partial charge in [0.25, 0.3) is 0 Å². The van der Waals surface area contributed by atoms with Crippen LogP contribution in [0.2, 0.25) is 0 Å². The van der Waals surface area contributed by atoms with Gasteiger partial charge in [-0.15, -0.1) is 0 Å². The molecule has 1 N–H and O–H groups in total. The molecule has 3 nitrogen and oxygen atoms in total. The van der Waals surface area contributed by atoms with Gasteiger partial charge >= 0.3 is 0 Å². The molecule has 0 spiro atoms. The highest BCUT2D eigenvalue weighted by molar-refractivity contribution is 4.78. The maximum absolute atomic E-state index is 8.56. The van der Waals surface area contributed by atoms with Crippen LogP contribution in [0, 0.1) is 16.7 Å². The molecule has 0 rings (SSSR count). The number of hydrogen-bond donors (Lipinski definition) is 1. The fourth-order valence-corrected chi connectivity index (χ4v) is 1.42. The van der Waals surface area contributed by atoms with Crippen molar-refractivity contribution < 1.29 is 0 Å². The van der Waals surface area contributed by atoms with E-state index < -0.39 is 0 Å². The largest absolute Gasteiger partial charge is 0.315 e. The van der Waals surface area contributed by atoms with Gasteiger partial charge in [-0.3, -0.25) is 0 Å². The van der Waals surface area contributed by atoms with E-state index in [-0.39, 0.29) is 5.41 Å². The zero-order valence-corrected chi connectivity index (χ0v) is 11.5. The Morgan fingerprint density at radius 3 is 2.50 bits per heavy atom. The molecular weight excluding hydrogens is 198 g/mol. The van der Waals surface area contributed by atoms with Gasteiger partial charge in [-0.2, -0.15) is 5.26 Å². The minimum atomic E-state index is 0.228. The van der Waals surface area contributed by atoms with E-state index in [2.05, 4.69) is 51.0 Å². The Bertz CT molecular complexity index is 216. The minimum Gasteiger partial charge on any atom is -0.315 e. The predicted octanol–water partition coefficient (Wildman–Crippen LogP) is 2.25. The first-order valence-corrected chi connectivity index (χ1v) is 6.17. The number of nitrogens with zero attached hydrogens (tertiary/aromatic N) is 2. The summed E-state index contributed by atoms with van der Waals surface area (Å²) in [6, 6.07) is 2.82. The normalized spacial score (nSPS) is 12.1. The van der Waals surface area contributed by atoms with Gasteiger partial charge in [0.15, 0.2) is 0 Å². The van der Waals surface area contributed by atoms with Gasteiger partial charge in [0, 0.05) is 32.1 Å². The van der Waals surface area contributed by atoms with Gasteiger partial charge in [0.2, 0.25) is 0 Å². The Morgan fingerprint density at radius 2 is 2.00 bits per heavy atom. The van der Waals surface area contributed by atoms with Gasteiger partial charge < -0.3 is 10.2 Å². The highest BCUT2D eigenvalue weighted by Gasteiger charge is 2.16. The Hall–Kier alpha value is -0.590. The first-order chi connectivity index (χ1) is 7.39. The smallest absolute Gasteiger partial charge is 0.0621 e. The van der Waals surface area contributed by atoms with Crippen LogP contribution in [-0.2, 0) is 0 Å². The fraction of sp³-hybridized carbons (Fsp3) is 0.923. The third kappa shape index (κ3) is 7.67. The van der Waals surface area contributed by atoms with Crippen LogP contribution < -0.4 is 5.32 Å². The monoisotopic (exact) mass is 225 g/mol. The van der Waals surface area contributed by atoms with Crippen LogP contribution in [0.5, 0.6) is 0 Å². The highest BCUT2D eigenvalue weighted by atomic mass is 15.1. The van der Waals surface area contributed by atoms with Crippen molar-refractivity contribution in [1.29, 1.82) is 5.26 Å². The van der Waals surface area contributed by atoms with Crippen molar-refractivity contribution in [3.8, 4) is 6.07 Å². The fourth-order valence-electron chi connectivity index (χ4n) is 1.42. The summed E-state index contributed by atoms with van der Waals surface area (Å²) in [4.78, 5) is 2.33. The second-order valence-electron chi connectivity index (χ2n) is 5.57. The van der Waals surface area contributed by atoms with E-state index in [0.717, 1.165) is 26.1 Å². The lowest BCUT2D eigenvalue weighted by Gasteiger charge is -2.26. The molecule has 3 heteroatoms. The quantitative estimate of drug-likeness (QED) is 0.644. The molecule has 0 bridgehead atoms. The molecule has 0 radical (unpaired) electrons. The molecule has 0 atom stereocenters. The standard InChI is InChI=1S/C13H27N3/c1-12(2)16(5)10-9-15-11-13(3,4)7-6-8-14/h12,15H,6-7,9-11H2,1-5H3. The average molecular weight is 225 g/mol. The van der Waals surface area contributed by atoms with Gasteiger partial charge in [-0.05, 0) is 32.7 Å². The molecule has 0 aromatic heterocycles. The molecule has 94 valence electrons. The second-order valence-corrected chi connectivity index (χ2v) is 5.57. The van der Waals surface area contributed by atoms with E-state index in [9.17, 15) is 0 Å². The molecule has 0 amide bonds. The van der Waals surface area contributed by atoms with E-state index in [1.54, 1.807) is 0 Å². The first-order valence-electron chi connectivity index (χ1n) is 6.17. The van der Waals surface area contributed by atoms with Crippen molar-refractivity contribution in [1.82, 2.24) is 10.2 Å². The van der Waals surface area contributed by atoms with Crippen LogP contribution in [0.3, 0.4) is 0 Å². The molecule has 0 saturated carbocycles. The van der Waals surface area contributed by atoms with Crippen LogP contribution in [0.4, 0.5) is 0 Å². The summed E-state index contributed by atoms with van der Waals surface area (Å²) in [5, 5.41) is 12.0. The average Bonchev–Trinajstić information content (AvgIpc) is 2.21. The number of likely N-dealkylation sites (N-methyl/N-ethyl adjacent to an activating group) is 1. The SMILES string of the molecule is CC(C)N(C)CCNCC(C)(C)CCC#N. The zero-order valence-electron chi connectivity index (χ0n) is 11.5. The summed E-state index contributed by atoms with van der Waals surface area (Å²) in [6.07, 6.45) is 1.62. The lowest BCUT2D eigenvalue weighted by molar-refractivity contribution is 0.259. The van der Waals surface area contributed by atoms with Crippen LogP contribution in [-0.4, -0.2) is 37.6 Å². The van der Waals surface area contributed by atoms with Crippen molar-refractivity contribution in [2.24, 2.45) is 5.41 Å². The molecule has 0 aromatic rings. The minimum absolute atomic E-state index is 0.228. The van der Waals surface area contributed by atoms with E-state index in [1.807, 2.05) is 0 Å². The molecule has 0 saturated heterocycles. The van der Waals surface area contributed by atoms with Crippen LogP contribution in [0.1, 0.15) is 40.5 Å². The molecular formula is C13H27N3. The summed E-state index contributed by atoms with van der Waals surface area (Å²) < 4.78 is 0. The summed E-state index contributed by atoms with van der Waals surface area (Å²) in [5.74, 6) is 0. The topological polar surface area (TPSA) is 39.1 Å². The second kappa shape index (κ2) is 7.65. The Kier molecular flexibility index (Phi) is 7.36. The highest BCUT2D eigenvalue weighted by Crippen LogP contribution is 2.20.